The fraction of sp³-hybridized carbons (Fsp3) is 0.600. The minimum atomic E-state index is -0.759. The zero-order chi connectivity index (χ0) is 10.6. The summed E-state index contributed by atoms with van der Waals surface area (Å²) in [6.07, 6.45) is 2.23. The second-order valence-electron chi connectivity index (χ2n) is 3.43. The van der Waals surface area contributed by atoms with Crippen molar-refractivity contribution in [3.05, 3.63) is 16.1 Å². The maximum absolute atomic E-state index is 10.5. The van der Waals surface area contributed by atoms with Gasteiger partial charge in [0.15, 0.2) is 0 Å². The average molecular weight is 213 g/mol. The van der Waals surface area contributed by atoms with Crippen LogP contribution in [0.1, 0.15) is 43.3 Å². The summed E-state index contributed by atoms with van der Waals surface area (Å²) >= 11 is 1.57. The molecule has 1 N–H and O–H groups in total. The predicted octanol–water partition coefficient (Wildman–Crippen LogP) is 2.67. The molecule has 0 fully saturated rings. The Morgan fingerprint density at radius 1 is 1.71 bits per heavy atom. The lowest BCUT2D eigenvalue weighted by Gasteiger charge is -2.02. The third kappa shape index (κ3) is 3.10. The Labute approximate surface area is 87.8 Å². The van der Waals surface area contributed by atoms with E-state index in [0.717, 1.165) is 23.5 Å². The molecule has 3 nitrogen and oxygen atoms in total. The Balaban J connectivity index is 2.61. The third-order valence-electron chi connectivity index (χ3n) is 1.98. The number of carboxylic acids is 1. The molecule has 1 aromatic heterocycles. The van der Waals surface area contributed by atoms with E-state index in [0.29, 0.717) is 0 Å². The Hall–Kier alpha value is -0.900. The molecule has 0 amide bonds. The van der Waals surface area contributed by atoms with Crippen LogP contribution in [0.4, 0.5) is 0 Å². The summed E-state index contributed by atoms with van der Waals surface area (Å²) in [5.74, 6) is -0.729. The lowest BCUT2D eigenvalue weighted by atomic mass is 10.1. The molecule has 0 aliphatic rings. The first-order valence-electron chi connectivity index (χ1n) is 4.79. The number of nitrogens with zero attached hydrogens (tertiary/aromatic N) is 1. The summed E-state index contributed by atoms with van der Waals surface area (Å²) in [5, 5.41) is 11.6. The number of hydrogen-bond donors (Lipinski definition) is 1. The van der Waals surface area contributed by atoms with Crippen LogP contribution >= 0.6 is 11.3 Å². The lowest BCUT2D eigenvalue weighted by Crippen LogP contribution is -2.02. The van der Waals surface area contributed by atoms with Crippen molar-refractivity contribution in [3.63, 3.8) is 0 Å². The van der Waals surface area contributed by atoms with Crippen molar-refractivity contribution >= 4 is 17.3 Å². The summed E-state index contributed by atoms with van der Waals surface area (Å²) in [5.41, 5.74) is 1.09. The minimum absolute atomic E-state index is 0.0307. The molecule has 1 heterocycles. The van der Waals surface area contributed by atoms with Crippen molar-refractivity contribution in [1.29, 1.82) is 0 Å². The molecule has 0 spiro atoms. The number of aryl methyl sites for hydroxylation is 1. The van der Waals surface area contributed by atoms with Crippen molar-refractivity contribution in [2.45, 2.75) is 39.0 Å². The van der Waals surface area contributed by atoms with Gasteiger partial charge in [0.05, 0.1) is 17.1 Å². The highest BCUT2D eigenvalue weighted by Crippen LogP contribution is 2.23. The smallest absolute Gasteiger partial charge is 0.304 e. The molecular formula is C10H15NO2S. The summed E-state index contributed by atoms with van der Waals surface area (Å²) in [4.78, 5) is 14.9. The summed E-state index contributed by atoms with van der Waals surface area (Å²) in [7, 11) is 0. The van der Waals surface area contributed by atoms with Crippen LogP contribution in [0.25, 0.3) is 0 Å². The highest BCUT2D eigenvalue weighted by Gasteiger charge is 2.13. The molecule has 0 saturated heterocycles. The van der Waals surface area contributed by atoms with Crippen LogP contribution in [0.2, 0.25) is 0 Å². The number of carbonyl (C=O) groups is 1. The maximum Gasteiger partial charge on any atom is 0.304 e. The molecule has 0 aliphatic carbocycles. The molecular weight excluding hydrogens is 198 g/mol. The van der Waals surface area contributed by atoms with Gasteiger partial charge in [-0.1, -0.05) is 20.3 Å². The van der Waals surface area contributed by atoms with E-state index in [9.17, 15) is 4.79 Å². The van der Waals surface area contributed by atoms with Crippen LogP contribution in [0.5, 0.6) is 0 Å². The van der Waals surface area contributed by atoms with Gasteiger partial charge in [-0.25, -0.2) is 4.98 Å². The lowest BCUT2D eigenvalue weighted by molar-refractivity contribution is -0.137. The molecule has 0 bridgehead atoms. The van der Waals surface area contributed by atoms with Crippen LogP contribution in [0, 0.1) is 0 Å². The zero-order valence-corrected chi connectivity index (χ0v) is 9.30. The van der Waals surface area contributed by atoms with E-state index >= 15 is 0 Å². The predicted molar refractivity (Wildman–Crippen MR) is 56.8 cm³/mol. The van der Waals surface area contributed by atoms with Gasteiger partial charge >= 0.3 is 5.97 Å². The fourth-order valence-electron chi connectivity index (χ4n) is 1.27. The van der Waals surface area contributed by atoms with E-state index in [-0.39, 0.29) is 12.3 Å². The molecule has 0 saturated carbocycles. The monoisotopic (exact) mass is 213 g/mol. The van der Waals surface area contributed by atoms with E-state index in [1.54, 1.807) is 11.3 Å². The molecule has 4 heteroatoms. The topological polar surface area (TPSA) is 50.2 Å². The first kappa shape index (κ1) is 11.2. The van der Waals surface area contributed by atoms with Crippen LogP contribution < -0.4 is 0 Å². The SMILES string of the molecule is CCCc1csc(C(C)CC(=O)O)n1. The van der Waals surface area contributed by atoms with E-state index in [2.05, 4.69) is 11.9 Å². The van der Waals surface area contributed by atoms with Crippen molar-refractivity contribution in [2.24, 2.45) is 0 Å². The molecule has 0 aliphatic heterocycles. The van der Waals surface area contributed by atoms with E-state index < -0.39 is 5.97 Å². The van der Waals surface area contributed by atoms with Crippen molar-refractivity contribution in [1.82, 2.24) is 4.98 Å². The number of hydrogen-bond acceptors (Lipinski definition) is 3. The van der Waals surface area contributed by atoms with Crippen LogP contribution in [0.3, 0.4) is 0 Å². The van der Waals surface area contributed by atoms with Gasteiger partial charge in [0.1, 0.15) is 0 Å². The first-order chi connectivity index (χ1) is 6.63. The van der Waals surface area contributed by atoms with Crippen LogP contribution in [-0.4, -0.2) is 16.1 Å². The van der Waals surface area contributed by atoms with Gasteiger partial charge < -0.3 is 5.11 Å². The first-order valence-corrected chi connectivity index (χ1v) is 5.67. The van der Waals surface area contributed by atoms with Gasteiger partial charge in [0.25, 0.3) is 0 Å². The van der Waals surface area contributed by atoms with Gasteiger partial charge in [0, 0.05) is 11.3 Å². The quantitative estimate of drug-likeness (QED) is 0.818. The summed E-state index contributed by atoms with van der Waals surface area (Å²) < 4.78 is 0. The number of carboxylic acid groups (broad SMARTS) is 1. The van der Waals surface area contributed by atoms with Gasteiger partial charge in [-0.3, -0.25) is 4.79 Å². The van der Waals surface area contributed by atoms with Gasteiger partial charge in [-0.15, -0.1) is 11.3 Å². The zero-order valence-electron chi connectivity index (χ0n) is 8.49. The van der Waals surface area contributed by atoms with Gasteiger partial charge in [-0.2, -0.15) is 0 Å². The molecule has 1 rings (SSSR count). The standard InChI is InChI=1S/C10H15NO2S/c1-3-4-8-6-14-10(11-8)7(2)5-9(12)13/h6-7H,3-5H2,1-2H3,(H,12,13). The molecule has 0 radical (unpaired) electrons. The molecule has 78 valence electrons. The van der Waals surface area contributed by atoms with Crippen molar-refractivity contribution < 1.29 is 9.90 Å². The summed E-state index contributed by atoms with van der Waals surface area (Å²) in [6.45, 7) is 4.02. The van der Waals surface area contributed by atoms with E-state index in [4.69, 9.17) is 5.11 Å². The number of rotatable bonds is 5. The van der Waals surface area contributed by atoms with E-state index in [1.807, 2.05) is 12.3 Å². The second kappa shape index (κ2) is 5.10. The Morgan fingerprint density at radius 2 is 2.43 bits per heavy atom. The number of thiazole rings is 1. The minimum Gasteiger partial charge on any atom is -0.481 e. The number of aliphatic carboxylic acids is 1. The average Bonchev–Trinajstić information content (AvgIpc) is 2.52. The fourth-order valence-corrected chi connectivity index (χ4v) is 2.18. The van der Waals surface area contributed by atoms with Crippen molar-refractivity contribution in [3.8, 4) is 0 Å². The number of aromatic nitrogens is 1. The second-order valence-corrected chi connectivity index (χ2v) is 4.32. The molecule has 0 aromatic carbocycles. The summed E-state index contributed by atoms with van der Waals surface area (Å²) in [6, 6.07) is 0. The van der Waals surface area contributed by atoms with Crippen LogP contribution in [0.15, 0.2) is 5.38 Å². The van der Waals surface area contributed by atoms with Gasteiger partial charge in [-0.05, 0) is 6.42 Å². The molecule has 14 heavy (non-hydrogen) atoms. The third-order valence-corrected chi connectivity index (χ3v) is 3.10. The Kier molecular flexibility index (Phi) is 4.07. The highest BCUT2D eigenvalue weighted by molar-refractivity contribution is 7.09. The highest BCUT2D eigenvalue weighted by atomic mass is 32.1. The van der Waals surface area contributed by atoms with E-state index in [1.165, 1.54) is 0 Å². The van der Waals surface area contributed by atoms with Crippen LogP contribution in [-0.2, 0) is 11.2 Å². The van der Waals surface area contributed by atoms with Gasteiger partial charge in [0.2, 0.25) is 0 Å². The maximum atomic E-state index is 10.5. The Morgan fingerprint density at radius 3 is 3.00 bits per heavy atom. The molecule has 1 unspecified atom stereocenters. The largest absolute Gasteiger partial charge is 0.481 e. The molecule has 1 atom stereocenters. The Bertz CT molecular complexity index is 309. The van der Waals surface area contributed by atoms with Crippen molar-refractivity contribution in [2.75, 3.05) is 0 Å². The molecule has 1 aromatic rings. The normalized spacial score (nSPS) is 12.7.